The Kier molecular flexibility index (Phi) is 4.68. The van der Waals surface area contributed by atoms with Gasteiger partial charge in [0.25, 0.3) is 0 Å². The number of ether oxygens (including phenoxy) is 2. The maximum Gasteiger partial charge on any atom is 0.225 e. The summed E-state index contributed by atoms with van der Waals surface area (Å²) in [5.41, 5.74) is 1.11. The van der Waals surface area contributed by atoms with Crippen LogP contribution in [0.3, 0.4) is 0 Å². The zero-order chi connectivity index (χ0) is 14.5. The number of rotatable bonds is 5. The molecule has 6 heteroatoms. The minimum atomic E-state index is 0.482. The van der Waals surface area contributed by atoms with E-state index < -0.39 is 0 Å². The molecule has 20 heavy (non-hydrogen) atoms. The van der Waals surface area contributed by atoms with E-state index >= 15 is 0 Å². The Morgan fingerprint density at radius 3 is 2.60 bits per heavy atom. The molecular formula is C14H17N3O2S. The number of hydrogen-bond acceptors (Lipinski definition) is 6. The number of benzene rings is 1. The predicted molar refractivity (Wildman–Crippen MR) is 81.2 cm³/mol. The maximum atomic E-state index is 5.81. The summed E-state index contributed by atoms with van der Waals surface area (Å²) in [5, 5.41) is 3.64. The molecule has 0 unspecified atom stereocenters. The van der Waals surface area contributed by atoms with Crippen LogP contribution in [0.1, 0.15) is 5.56 Å². The monoisotopic (exact) mass is 291 g/mol. The van der Waals surface area contributed by atoms with Crippen LogP contribution in [0, 0.1) is 6.92 Å². The van der Waals surface area contributed by atoms with Crippen molar-refractivity contribution in [3.63, 3.8) is 0 Å². The summed E-state index contributed by atoms with van der Waals surface area (Å²) >= 11 is 1.46. The van der Waals surface area contributed by atoms with Crippen LogP contribution in [0.25, 0.3) is 0 Å². The molecule has 1 aromatic heterocycles. The SMILES string of the molecule is CNc1cc(Oc2ccc(C)cc2OC)nc(SC)n1. The Labute approximate surface area is 122 Å². The molecule has 0 amide bonds. The van der Waals surface area contributed by atoms with Crippen LogP contribution < -0.4 is 14.8 Å². The Hall–Kier alpha value is -1.95. The molecule has 1 N–H and O–H groups in total. The van der Waals surface area contributed by atoms with Gasteiger partial charge in [-0.1, -0.05) is 17.8 Å². The molecule has 0 aliphatic carbocycles. The lowest BCUT2D eigenvalue weighted by Gasteiger charge is -2.11. The summed E-state index contributed by atoms with van der Waals surface area (Å²) in [6.45, 7) is 2.00. The van der Waals surface area contributed by atoms with Crippen LogP contribution in [-0.4, -0.2) is 30.4 Å². The highest BCUT2D eigenvalue weighted by Gasteiger charge is 2.09. The zero-order valence-corrected chi connectivity index (χ0v) is 12.7. The van der Waals surface area contributed by atoms with Crippen molar-refractivity contribution in [2.24, 2.45) is 0 Å². The molecule has 2 aromatic rings. The van der Waals surface area contributed by atoms with Gasteiger partial charge in [0, 0.05) is 13.1 Å². The summed E-state index contributed by atoms with van der Waals surface area (Å²) in [7, 11) is 3.43. The Morgan fingerprint density at radius 2 is 1.95 bits per heavy atom. The predicted octanol–water partition coefficient (Wildman–Crippen LogP) is 3.35. The second-order valence-corrected chi connectivity index (χ2v) is 4.86. The average molecular weight is 291 g/mol. The molecule has 0 saturated carbocycles. The van der Waals surface area contributed by atoms with Crippen LogP contribution in [0.15, 0.2) is 29.4 Å². The molecule has 0 bridgehead atoms. The quantitative estimate of drug-likeness (QED) is 0.673. The number of nitrogens with zero attached hydrogens (tertiary/aromatic N) is 2. The van der Waals surface area contributed by atoms with E-state index in [1.165, 1.54) is 11.8 Å². The van der Waals surface area contributed by atoms with Gasteiger partial charge in [0.1, 0.15) is 5.82 Å². The van der Waals surface area contributed by atoms with Crippen molar-refractivity contribution in [2.45, 2.75) is 12.1 Å². The first-order chi connectivity index (χ1) is 9.66. The fourth-order valence-corrected chi connectivity index (χ4v) is 2.02. The molecule has 5 nitrogen and oxygen atoms in total. The van der Waals surface area contributed by atoms with Crippen molar-refractivity contribution < 1.29 is 9.47 Å². The highest BCUT2D eigenvalue weighted by atomic mass is 32.2. The van der Waals surface area contributed by atoms with Crippen LogP contribution >= 0.6 is 11.8 Å². The highest BCUT2D eigenvalue weighted by molar-refractivity contribution is 7.98. The summed E-state index contributed by atoms with van der Waals surface area (Å²) < 4.78 is 11.1. The van der Waals surface area contributed by atoms with Gasteiger partial charge in [0.15, 0.2) is 16.7 Å². The van der Waals surface area contributed by atoms with Gasteiger partial charge in [0.05, 0.1) is 7.11 Å². The van der Waals surface area contributed by atoms with Gasteiger partial charge in [-0.05, 0) is 30.9 Å². The van der Waals surface area contributed by atoms with E-state index in [0.29, 0.717) is 28.4 Å². The zero-order valence-electron chi connectivity index (χ0n) is 11.9. The first-order valence-corrected chi connectivity index (χ1v) is 7.32. The fourth-order valence-electron chi connectivity index (χ4n) is 1.65. The molecule has 0 aliphatic heterocycles. The average Bonchev–Trinajstić information content (AvgIpc) is 2.48. The van der Waals surface area contributed by atoms with Crippen molar-refractivity contribution in [2.75, 3.05) is 25.7 Å². The third-order valence-corrected chi connectivity index (χ3v) is 3.20. The van der Waals surface area contributed by atoms with Gasteiger partial charge in [-0.25, -0.2) is 4.98 Å². The molecule has 0 fully saturated rings. The maximum absolute atomic E-state index is 5.81. The van der Waals surface area contributed by atoms with Crippen LogP contribution in [-0.2, 0) is 0 Å². The molecule has 0 aliphatic rings. The Balaban J connectivity index is 2.34. The summed E-state index contributed by atoms with van der Waals surface area (Å²) in [5.74, 6) is 2.51. The minimum Gasteiger partial charge on any atom is -0.493 e. The van der Waals surface area contributed by atoms with Crippen molar-refractivity contribution >= 4 is 17.6 Å². The lowest BCUT2D eigenvalue weighted by molar-refractivity contribution is 0.372. The normalized spacial score (nSPS) is 10.2. The first kappa shape index (κ1) is 14.5. The van der Waals surface area contributed by atoms with Gasteiger partial charge < -0.3 is 14.8 Å². The lowest BCUT2D eigenvalue weighted by Crippen LogP contribution is -1.99. The molecule has 2 rings (SSSR count). The first-order valence-electron chi connectivity index (χ1n) is 6.09. The Morgan fingerprint density at radius 1 is 1.15 bits per heavy atom. The second-order valence-electron chi connectivity index (χ2n) is 4.08. The van der Waals surface area contributed by atoms with E-state index in [4.69, 9.17) is 9.47 Å². The lowest BCUT2D eigenvalue weighted by atomic mass is 10.2. The van der Waals surface area contributed by atoms with E-state index in [1.54, 1.807) is 13.2 Å². The number of aryl methyl sites for hydroxylation is 1. The van der Waals surface area contributed by atoms with Gasteiger partial charge in [-0.3, -0.25) is 0 Å². The van der Waals surface area contributed by atoms with Gasteiger partial charge in [0.2, 0.25) is 5.88 Å². The van der Waals surface area contributed by atoms with Crippen molar-refractivity contribution in [3.05, 3.63) is 29.8 Å². The van der Waals surface area contributed by atoms with E-state index in [-0.39, 0.29) is 0 Å². The van der Waals surface area contributed by atoms with Gasteiger partial charge in [-0.2, -0.15) is 4.98 Å². The molecule has 106 valence electrons. The van der Waals surface area contributed by atoms with Crippen LogP contribution in [0.4, 0.5) is 5.82 Å². The number of aromatic nitrogens is 2. The molecule has 0 saturated heterocycles. The number of hydrogen-bond donors (Lipinski definition) is 1. The largest absolute Gasteiger partial charge is 0.493 e. The number of methoxy groups -OCH3 is 1. The van der Waals surface area contributed by atoms with E-state index in [1.807, 2.05) is 38.4 Å². The molecular weight excluding hydrogens is 274 g/mol. The number of anilines is 1. The second kappa shape index (κ2) is 6.47. The molecule has 1 heterocycles. The summed E-state index contributed by atoms with van der Waals surface area (Å²) in [6, 6.07) is 7.51. The molecule has 0 spiro atoms. The number of nitrogens with one attached hydrogen (secondary N) is 1. The van der Waals surface area contributed by atoms with E-state index in [2.05, 4.69) is 15.3 Å². The topological polar surface area (TPSA) is 56.3 Å². The van der Waals surface area contributed by atoms with Crippen molar-refractivity contribution in [3.8, 4) is 17.4 Å². The van der Waals surface area contributed by atoms with E-state index in [9.17, 15) is 0 Å². The van der Waals surface area contributed by atoms with Crippen molar-refractivity contribution in [1.29, 1.82) is 0 Å². The third-order valence-electron chi connectivity index (χ3n) is 2.65. The summed E-state index contributed by atoms with van der Waals surface area (Å²) in [6.07, 6.45) is 1.92. The van der Waals surface area contributed by atoms with Crippen LogP contribution in [0.5, 0.6) is 17.4 Å². The van der Waals surface area contributed by atoms with Crippen molar-refractivity contribution in [1.82, 2.24) is 9.97 Å². The third kappa shape index (κ3) is 3.33. The summed E-state index contributed by atoms with van der Waals surface area (Å²) in [4.78, 5) is 8.63. The van der Waals surface area contributed by atoms with Crippen LogP contribution in [0.2, 0.25) is 0 Å². The van der Waals surface area contributed by atoms with Gasteiger partial charge >= 0.3 is 0 Å². The fraction of sp³-hybridized carbons (Fsp3) is 0.286. The highest BCUT2D eigenvalue weighted by Crippen LogP contribution is 2.32. The Bertz CT molecular complexity index is 583. The van der Waals surface area contributed by atoms with E-state index in [0.717, 1.165) is 5.56 Å². The molecule has 0 atom stereocenters. The molecule has 1 aromatic carbocycles. The number of thioether (sulfide) groups is 1. The van der Waals surface area contributed by atoms with Gasteiger partial charge in [-0.15, -0.1) is 0 Å². The molecule has 0 radical (unpaired) electrons. The minimum absolute atomic E-state index is 0.482. The smallest absolute Gasteiger partial charge is 0.225 e. The standard InChI is InChI=1S/C14H17N3O2S/c1-9-5-6-10(11(7-9)18-3)19-13-8-12(15-2)16-14(17-13)20-4/h5-8H,1-4H3,(H,15,16,17).